The smallest absolute Gasteiger partial charge is 0.246 e. The summed E-state index contributed by atoms with van der Waals surface area (Å²) in [6.07, 6.45) is 1.57. The molecule has 1 aromatic carbocycles. The summed E-state index contributed by atoms with van der Waals surface area (Å²) in [5.74, 6) is -0.168. The van der Waals surface area contributed by atoms with Gasteiger partial charge in [-0.2, -0.15) is 0 Å². The third kappa shape index (κ3) is 4.08. The highest BCUT2D eigenvalue weighted by atomic mass is 127. The van der Waals surface area contributed by atoms with Crippen LogP contribution in [0.15, 0.2) is 42.6 Å². The molecule has 0 saturated heterocycles. The van der Waals surface area contributed by atoms with Crippen LogP contribution >= 0.6 is 34.2 Å². The molecule has 4 nitrogen and oxygen atoms in total. The summed E-state index contributed by atoms with van der Waals surface area (Å²) in [6.45, 7) is 1.79. The zero-order valence-corrected chi connectivity index (χ0v) is 13.6. The maximum Gasteiger partial charge on any atom is 0.246 e. The van der Waals surface area contributed by atoms with E-state index in [0.717, 1.165) is 9.26 Å². The van der Waals surface area contributed by atoms with E-state index in [4.69, 9.17) is 11.6 Å². The van der Waals surface area contributed by atoms with Gasteiger partial charge in [-0.25, -0.2) is 4.98 Å². The van der Waals surface area contributed by atoms with E-state index in [2.05, 4.69) is 38.2 Å². The first-order chi connectivity index (χ1) is 9.56. The molecule has 0 radical (unpaired) electrons. The van der Waals surface area contributed by atoms with Gasteiger partial charge in [0.15, 0.2) is 5.15 Å². The number of halogens is 2. The first kappa shape index (κ1) is 15.1. The molecule has 1 aromatic heterocycles. The Morgan fingerprint density at radius 3 is 2.85 bits per heavy atom. The summed E-state index contributed by atoms with van der Waals surface area (Å²) in [5.41, 5.74) is 1.41. The van der Waals surface area contributed by atoms with Gasteiger partial charge in [-0.1, -0.05) is 17.7 Å². The minimum Gasteiger partial charge on any atom is -0.374 e. The molecule has 20 heavy (non-hydrogen) atoms. The lowest BCUT2D eigenvalue weighted by Gasteiger charge is -2.15. The first-order valence-electron chi connectivity index (χ1n) is 6.00. The molecule has 0 bridgehead atoms. The van der Waals surface area contributed by atoms with Crippen molar-refractivity contribution in [1.82, 2.24) is 4.98 Å². The largest absolute Gasteiger partial charge is 0.374 e. The highest BCUT2D eigenvalue weighted by molar-refractivity contribution is 14.1. The van der Waals surface area contributed by atoms with Crippen molar-refractivity contribution in [1.29, 1.82) is 0 Å². The number of nitrogens with zero attached hydrogens (tertiary/aromatic N) is 1. The fourth-order valence-electron chi connectivity index (χ4n) is 1.61. The minimum atomic E-state index is -0.385. The zero-order valence-electron chi connectivity index (χ0n) is 10.7. The van der Waals surface area contributed by atoms with E-state index >= 15 is 0 Å². The molecule has 2 aromatic rings. The Labute approximate surface area is 136 Å². The third-order valence-electron chi connectivity index (χ3n) is 2.62. The molecule has 0 spiro atoms. The SMILES string of the molecule is CC(Nc1cccc(I)c1)C(=O)Nc1cccnc1Cl. The van der Waals surface area contributed by atoms with Gasteiger partial charge in [0.05, 0.1) is 5.69 Å². The van der Waals surface area contributed by atoms with Crippen molar-refractivity contribution in [2.45, 2.75) is 13.0 Å². The first-order valence-corrected chi connectivity index (χ1v) is 7.45. The summed E-state index contributed by atoms with van der Waals surface area (Å²) >= 11 is 8.13. The number of anilines is 2. The summed E-state index contributed by atoms with van der Waals surface area (Å²) in [7, 11) is 0. The van der Waals surface area contributed by atoms with Gasteiger partial charge in [0, 0.05) is 15.5 Å². The fourth-order valence-corrected chi connectivity index (χ4v) is 2.32. The third-order valence-corrected chi connectivity index (χ3v) is 3.59. The van der Waals surface area contributed by atoms with Crippen molar-refractivity contribution >= 4 is 51.5 Å². The summed E-state index contributed by atoms with van der Waals surface area (Å²) in [5, 5.41) is 6.17. The highest BCUT2D eigenvalue weighted by Crippen LogP contribution is 2.18. The van der Waals surface area contributed by atoms with Gasteiger partial charge in [-0.3, -0.25) is 4.79 Å². The Morgan fingerprint density at radius 1 is 1.35 bits per heavy atom. The minimum absolute atomic E-state index is 0.168. The predicted octanol–water partition coefficient (Wildman–Crippen LogP) is 3.78. The van der Waals surface area contributed by atoms with E-state index in [0.29, 0.717) is 5.69 Å². The molecular weight excluding hydrogens is 389 g/mol. The van der Waals surface area contributed by atoms with Crippen LogP contribution in [-0.2, 0) is 4.79 Å². The lowest BCUT2D eigenvalue weighted by atomic mass is 10.2. The monoisotopic (exact) mass is 401 g/mol. The maximum absolute atomic E-state index is 12.1. The van der Waals surface area contributed by atoms with Gasteiger partial charge in [-0.15, -0.1) is 0 Å². The van der Waals surface area contributed by atoms with Gasteiger partial charge in [0.1, 0.15) is 6.04 Å². The number of pyridine rings is 1. The van der Waals surface area contributed by atoms with Crippen molar-refractivity contribution in [3.63, 3.8) is 0 Å². The van der Waals surface area contributed by atoms with E-state index in [1.807, 2.05) is 24.3 Å². The van der Waals surface area contributed by atoms with E-state index in [1.165, 1.54) is 0 Å². The molecule has 0 aliphatic carbocycles. The molecule has 1 amide bonds. The molecule has 1 atom stereocenters. The number of rotatable bonds is 4. The molecule has 2 N–H and O–H groups in total. The molecule has 6 heteroatoms. The zero-order chi connectivity index (χ0) is 14.5. The molecule has 104 valence electrons. The number of aromatic nitrogens is 1. The second-order valence-electron chi connectivity index (χ2n) is 4.21. The maximum atomic E-state index is 12.1. The summed E-state index contributed by atoms with van der Waals surface area (Å²) in [6, 6.07) is 10.9. The highest BCUT2D eigenvalue weighted by Gasteiger charge is 2.14. The Hall–Kier alpha value is -1.34. The Kier molecular flexibility index (Phi) is 5.19. The number of hydrogen-bond donors (Lipinski definition) is 2. The van der Waals surface area contributed by atoms with Crippen molar-refractivity contribution in [2.75, 3.05) is 10.6 Å². The van der Waals surface area contributed by atoms with Crippen molar-refractivity contribution < 1.29 is 4.79 Å². The topological polar surface area (TPSA) is 54.0 Å². The van der Waals surface area contributed by atoms with E-state index in [1.54, 1.807) is 25.3 Å². The van der Waals surface area contributed by atoms with Crippen molar-refractivity contribution in [3.05, 3.63) is 51.3 Å². The van der Waals surface area contributed by atoms with Crippen LogP contribution in [0.4, 0.5) is 11.4 Å². The molecule has 1 heterocycles. The number of benzene rings is 1. The molecule has 0 fully saturated rings. The second kappa shape index (κ2) is 6.90. The van der Waals surface area contributed by atoms with Crippen molar-refractivity contribution in [2.24, 2.45) is 0 Å². The second-order valence-corrected chi connectivity index (χ2v) is 5.81. The summed E-state index contributed by atoms with van der Waals surface area (Å²) in [4.78, 5) is 16.0. The molecule has 0 aliphatic rings. The Morgan fingerprint density at radius 2 is 2.15 bits per heavy atom. The van der Waals surface area contributed by atoms with Crippen LogP contribution in [-0.4, -0.2) is 16.9 Å². The van der Waals surface area contributed by atoms with Gasteiger partial charge >= 0.3 is 0 Å². The van der Waals surface area contributed by atoms with Crippen LogP contribution in [0.1, 0.15) is 6.92 Å². The molecule has 1 unspecified atom stereocenters. The number of carbonyl (C=O) groups is 1. The van der Waals surface area contributed by atoms with Crippen LogP contribution < -0.4 is 10.6 Å². The Bertz CT molecular complexity index is 621. The average molecular weight is 402 g/mol. The van der Waals surface area contributed by atoms with Crippen LogP contribution in [0.5, 0.6) is 0 Å². The number of amides is 1. The quantitative estimate of drug-likeness (QED) is 0.605. The lowest BCUT2D eigenvalue weighted by molar-refractivity contribution is -0.116. The number of nitrogens with one attached hydrogen (secondary N) is 2. The molecule has 0 aliphatic heterocycles. The van der Waals surface area contributed by atoms with Crippen molar-refractivity contribution in [3.8, 4) is 0 Å². The molecule has 0 saturated carbocycles. The lowest BCUT2D eigenvalue weighted by Crippen LogP contribution is -2.32. The summed E-state index contributed by atoms with van der Waals surface area (Å²) < 4.78 is 1.11. The Balaban J connectivity index is 2.01. The van der Waals surface area contributed by atoms with Crippen LogP contribution in [0.3, 0.4) is 0 Å². The van der Waals surface area contributed by atoms with Gasteiger partial charge in [0.2, 0.25) is 5.91 Å². The van der Waals surface area contributed by atoms with E-state index in [-0.39, 0.29) is 17.1 Å². The van der Waals surface area contributed by atoms with Gasteiger partial charge in [0.25, 0.3) is 0 Å². The van der Waals surface area contributed by atoms with E-state index < -0.39 is 0 Å². The van der Waals surface area contributed by atoms with Crippen LogP contribution in [0.25, 0.3) is 0 Å². The normalized spacial score (nSPS) is 11.8. The number of hydrogen-bond acceptors (Lipinski definition) is 3. The van der Waals surface area contributed by atoms with Gasteiger partial charge in [-0.05, 0) is 59.8 Å². The number of carbonyl (C=O) groups excluding carboxylic acids is 1. The van der Waals surface area contributed by atoms with Gasteiger partial charge < -0.3 is 10.6 Å². The predicted molar refractivity (Wildman–Crippen MR) is 90.1 cm³/mol. The fraction of sp³-hybridized carbons (Fsp3) is 0.143. The standard InChI is InChI=1S/C14H13ClIN3O/c1-9(18-11-5-2-4-10(16)8-11)14(20)19-12-6-3-7-17-13(12)15/h2-9,18H,1H3,(H,19,20). The average Bonchev–Trinajstić information content (AvgIpc) is 2.41. The van der Waals surface area contributed by atoms with Crippen LogP contribution in [0.2, 0.25) is 5.15 Å². The molecular formula is C14H13ClIN3O. The molecule has 2 rings (SSSR count). The van der Waals surface area contributed by atoms with E-state index in [9.17, 15) is 4.79 Å². The van der Waals surface area contributed by atoms with Crippen LogP contribution in [0, 0.1) is 3.57 Å².